The van der Waals surface area contributed by atoms with Crippen molar-refractivity contribution in [3.05, 3.63) is 59.9 Å². The number of nitrogens with one attached hydrogen (secondary N) is 2. The van der Waals surface area contributed by atoms with Crippen molar-refractivity contribution < 1.29 is 14.3 Å². The second-order valence-electron chi connectivity index (χ2n) is 7.20. The van der Waals surface area contributed by atoms with Crippen molar-refractivity contribution in [3.8, 4) is 5.75 Å². The van der Waals surface area contributed by atoms with Crippen LogP contribution in [-0.2, 0) is 9.59 Å². The summed E-state index contributed by atoms with van der Waals surface area (Å²) in [5, 5.41) is 6.29. The predicted molar refractivity (Wildman–Crippen MR) is 104 cm³/mol. The number of methoxy groups -OCH3 is 1. The lowest BCUT2D eigenvalue weighted by Gasteiger charge is -2.45. The number of amides is 2. The molecule has 0 radical (unpaired) electrons. The second-order valence-corrected chi connectivity index (χ2v) is 7.20. The third kappa shape index (κ3) is 3.57. The van der Waals surface area contributed by atoms with E-state index in [1.54, 1.807) is 18.2 Å². The highest BCUT2D eigenvalue weighted by molar-refractivity contribution is 6.35. The molecule has 4 heterocycles. The predicted octanol–water partition coefficient (Wildman–Crippen LogP) is 1.26. The lowest BCUT2D eigenvalue weighted by Crippen LogP contribution is -2.64. The maximum absolute atomic E-state index is 12.9. The Labute approximate surface area is 164 Å². The third-order valence-electron chi connectivity index (χ3n) is 5.51. The Bertz CT molecular complexity index is 850. The van der Waals surface area contributed by atoms with Gasteiger partial charge < -0.3 is 20.3 Å². The Morgan fingerprint density at radius 3 is 2.68 bits per heavy atom. The maximum Gasteiger partial charge on any atom is 0.312 e. The van der Waals surface area contributed by atoms with Crippen LogP contribution in [0.3, 0.4) is 0 Å². The zero-order valence-electron chi connectivity index (χ0n) is 15.8. The molecule has 3 unspecified atom stereocenters. The lowest BCUT2D eigenvalue weighted by molar-refractivity contribution is -0.150. The zero-order chi connectivity index (χ0) is 19.5. The highest BCUT2D eigenvalue weighted by atomic mass is 16.5. The van der Waals surface area contributed by atoms with Gasteiger partial charge in [0.05, 0.1) is 12.8 Å². The molecule has 7 heteroatoms. The Morgan fingerprint density at radius 1 is 1.21 bits per heavy atom. The summed E-state index contributed by atoms with van der Waals surface area (Å²) < 4.78 is 5.46. The minimum Gasteiger partial charge on any atom is -0.496 e. The van der Waals surface area contributed by atoms with Gasteiger partial charge in [0, 0.05) is 36.9 Å². The molecular formula is C21H24N4O3. The van der Waals surface area contributed by atoms with Gasteiger partial charge in [0.25, 0.3) is 0 Å². The number of pyridine rings is 1. The average molecular weight is 380 g/mol. The van der Waals surface area contributed by atoms with Crippen LogP contribution in [0.15, 0.2) is 48.7 Å². The van der Waals surface area contributed by atoms with Crippen molar-refractivity contribution in [2.24, 2.45) is 0 Å². The summed E-state index contributed by atoms with van der Waals surface area (Å²) >= 11 is 0. The molecule has 2 aromatic rings. The van der Waals surface area contributed by atoms with Crippen LogP contribution in [0.2, 0.25) is 0 Å². The highest BCUT2D eigenvalue weighted by Crippen LogP contribution is 2.29. The van der Waals surface area contributed by atoms with Crippen LogP contribution >= 0.6 is 0 Å². The zero-order valence-corrected chi connectivity index (χ0v) is 15.8. The molecule has 3 fully saturated rings. The first-order chi connectivity index (χ1) is 13.7. The van der Waals surface area contributed by atoms with Gasteiger partial charge in [-0.2, -0.15) is 0 Å². The van der Waals surface area contributed by atoms with Gasteiger partial charge in [0.15, 0.2) is 0 Å². The molecule has 3 aliphatic heterocycles. The van der Waals surface area contributed by atoms with E-state index >= 15 is 0 Å². The van der Waals surface area contributed by atoms with Crippen molar-refractivity contribution in [3.63, 3.8) is 0 Å². The van der Waals surface area contributed by atoms with Crippen LogP contribution in [0.1, 0.15) is 30.1 Å². The molecule has 1 aromatic heterocycles. The average Bonchev–Trinajstić information content (AvgIpc) is 2.78. The topological polar surface area (TPSA) is 83.6 Å². The number of piperidine rings is 2. The van der Waals surface area contributed by atoms with Gasteiger partial charge in [-0.15, -0.1) is 0 Å². The van der Waals surface area contributed by atoms with E-state index < -0.39 is 17.9 Å². The molecular weight excluding hydrogens is 356 g/mol. The number of fused-ring (bicyclic) bond motifs is 3. The number of aromatic nitrogens is 1. The molecule has 28 heavy (non-hydrogen) atoms. The molecule has 2 bridgehead atoms. The maximum atomic E-state index is 12.9. The van der Waals surface area contributed by atoms with Gasteiger partial charge in [-0.25, -0.2) is 0 Å². The summed E-state index contributed by atoms with van der Waals surface area (Å²) in [5.41, 5.74) is 1.40. The Hall–Kier alpha value is -2.93. The largest absolute Gasteiger partial charge is 0.496 e. The molecule has 3 atom stereocenters. The van der Waals surface area contributed by atoms with Crippen LogP contribution in [0.5, 0.6) is 5.75 Å². The Balaban J connectivity index is 1.59. The van der Waals surface area contributed by atoms with Crippen molar-refractivity contribution in [2.75, 3.05) is 20.2 Å². The number of para-hydroxylation sites is 1. The van der Waals surface area contributed by atoms with Gasteiger partial charge in [-0.3, -0.25) is 14.6 Å². The number of carbonyl (C=O) groups is 2. The van der Waals surface area contributed by atoms with E-state index in [1.165, 1.54) is 0 Å². The number of rotatable bonds is 4. The lowest BCUT2D eigenvalue weighted by atomic mass is 9.93. The van der Waals surface area contributed by atoms with E-state index in [9.17, 15) is 9.59 Å². The Morgan fingerprint density at radius 2 is 2.04 bits per heavy atom. The summed E-state index contributed by atoms with van der Waals surface area (Å²) in [5.74, 6) is -0.465. The van der Waals surface area contributed by atoms with Gasteiger partial charge in [-0.1, -0.05) is 24.3 Å². The standard InChI is InChI=1S/C21H24N4O3/c1-28-18-8-3-2-6-16(18)19(17-7-4-5-11-22-17)24-20(26)21(27)25-13-14-9-10-15(25)12-23-14/h2-8,11,14-15,19,23H,9-10,12-13H2,1H3,(H,24,26). The number of piperazine rings is 1. The normalized spacial score (nSPS) is 21.8. The molecule has 0 aliphatic carbocycles. The number of ether oxygens (including phenoxy) is 1. The number of carbonyl (C=O) groups excluding carboxylic acids is 2. The minimum atomic E-state index is -0.617. The number of benzene rings is 1. The first-order valence-electron chi connectivity index (χ1n) is 9.56. The molecule has 3 saturated heterocycles. The smallest absolute Gasteiger partial charge is 0.312 e. The fraction of sp³-hybridized carbons (Fsp3) is 0.381. The van der Waals surface area contributed by atoms with Gasteiger partial charge in [0.1, 0.15) is 11.8 Å². The first-order valence-corrected chi connectivity index (χ1v) is 9.56. The molecule has 5 rings (SSSR count). The molecule has 2 amide bonds. The van der Waals surface area contributed by atoms with E-state index in [0.717, 1.165) is 24.9 Å². The molecule has 7 nitrogen and oxygen atoms in total. The SMILES string of the molecule is COc1ccccc1C(NC(=O)C(=O)N1CC2CCC1CN2)c1ccccn1. The van der Waals surface area contributed by atoms with E-state index in [4.69, 9.17) is 4.74 Å². The summed E-state index contributed by atoms with van der Waals surface area (Å²) in [7, 11) is 1.58. The first kappa shape index (κ1) is 18.4. The number of hydrogen-bond acceptors (Lipinski definition) is 5. The van der Waals surface area contributed by atoms with Crippen LogP contribution < -0.4 is 15.4 Å². The summed E-state index contributed by atoms with van der Waals surface area (Å²) in [6.45, 7) is 1.33. The fourth-order valence-corrected chi connectivity index (χ4v) is 4.04. The van der Waals surface area contributed by atoms with E-state index in [0.29, 0.717) is 18.0 Å². The van der Waals surface area contributed by atoms with Crippen LogP contribution in [-0.4, -0.2) is 54.0 Å². The summed E-state index contributed by atoms with van der Waals surface area (Å²) in [4.78, 5) is 31.9. The van der Waals surface area contributed by atoms with Crippen molar-refractivity contribution >= 4 is 11.8 Å². The molecule has 0 spiro atoms. The van der Waals surface area contributed by atoms with Crippen molar-refractivity contribution in [1.29, 1.82) is 0 Å². The molecule has 2 N–H and O–H groups in total. The van der Waals surface area contributed by atoms with Crippen molar-refractivity contribution in [1.82, 2.24) is 20.5 Å². The van der Waals surface area contributed by atoms with Crippen molar-refractivity contribution in [2.45, 2.75) is 31.0 Å². The highest BCUT2D eigenvalue weighted by Gasteiger charge is 2.39. The van der Waals surface area contributed by atoms with Gasteiger partial charge in [-0.05, 0) is 31.0 Å². The number of nitrogens with zero attached hydrogens (tertiary/aromatic N) is 2. The van der Waals surface area contributed by atoms with E-state index in [-0.39, 0.29) is 12.1 Å². The quantitative estimate of drug-likeness (QED) is 0.781. The summed E-state index contributed by atoms with van der Waals surface area (Å²) in [6, 6.07) is 12.7. The summed E-state index contributed by atoms with van der Waals surface area (Å²) in [6.07, 6.45) is 3.65. The van der Waals surface area contributed by atoms with E-state index in [1.807, 2.05) is 42.5 Å². The van der Waals surface area contributed by atoms with Gasteiger partial charge in [0.2, 0.25) is 0 Å². The molecule has 146 valence electrons. The number of hydrogen-bond donors (Lipinski definition) is 2. The Kier molecular flexibility index (Phi) is 5.25. The van der Waals surface area contributed by atoms with E-state index in [2.05, 4.69) is 15.6 Å². The third-order valence-corrected chi connectivity index (χ3v) is 5.51. The molecule has 3 aliphatic rings. The second kappa shape index (κ2) is 7.98. The van der Waals surface area contributed by atoms with Crippen LogP contribution in [0, 0.1) is 0 Å². The molecule has 1 aromatic carbocycles. The van der Waals surface area contributed by atoms with Crippen LogP contribution in [0.4, 0.5) is 0 Å². The minimum absolute atomic E-state index is 0.0859. The molecule has 0 saturated carbocycles. The van der Waals surface area contributed by atoms with Crippen LogP contribution in [0.25, 0.3) is 0 Å². The monoisotopic (exact) mass is 380 g/mol. The fourth-order valence-electron chi connectivity index (χ4n) is 4.04. The van der Waals surface area contributed by atoms with Gasteiger partial charge >= 0.3 is 11.8 Å².